The number of thioether (sulfide) groups is 1. The fourth-order valence-corrected chi connectivity index (χ4v) is 2.09. The van der Waals surface area contributed by atoms with Gasteiger partial charge in [0.15, 0.2) is 0 Å². The van der Waals surface area contributed by atoms with Gasteiger partial charge in [0, 0.05) is 23.6 Å². The fraction of sp³-hybridized carbons (Fsp3) is 0.385. The molecule has 1 aromatic carbocycles. The maximum atomic E-state index is 12.7. The van der Waals surface area contributed by atoms with Gasteiger partial charge in [-0.1, -0.05) is 6.92 Å². The van der Waals surface area contributed by atoms with Gasteiger partial charge in [0.25, 0.3) is 0 Å². The van der Waals surface area contributed by atoms with Gasteiger partial charge in [0.2, 0.25) is 5.91 Å². The number of halogens is 1. The Balaban J connectivity index is 2.20. The van der Waals surface area contributed by atoms with E-state index in [0.29, 0.717) is 12.2 Å². The summed E-state index contributed by atoms with van der Waals surface area (Å²) in [5.74, 6) is -1.42. The van der Waals surface area contributed by atoms with E-state index in [1.165, 1.54) is 30.8 Å². The number of carboxylic acids is 1. The maximum absolute atomic E-state index is 12.7. The Bertz CT molecular complexity index is 436. The van der Waals surface area contributed by atoms with Crippen molar-refractivity contribution in [3.63, 3.8) is 0 Å². The monoisotopic (exact) mass is 285 g/mol. The van der Waals surface area contributed by atoms with Crippen molar-refractivity contribution in [2.24, 2.45) is 5.92 Å². The van der Waals surface area contributed by atoms with Crippen molar-refractivity contribution < 1.29 is 19.1 Å². The molecule has 1 aromatic rings. The third kappa shape index (κ3) is 6.24. The fourth-order valence-electron chi connectivity index (χ4n) is 1.24. The Morgan fingerprint density at radius 3 is 2.58 bits per heavy atom. The predicted molar refractivity (Wildman–Crippen MR) is 71.6 cm³/mol. The van der Waals surface area contributed by atoms with E-state index >= 15 is 0 Å². The normalized spacial score (nSPS) is 11.9. The minimum Gasteiger partial charge on any atom is -0.481 e. The molecule has 0 aliphatic heterocycles. The molecule has 4 nitrogen and oxygen atoms in total. The molecule has 6 heteroatoms. The molecule has 1 rings (SSSR count). The lowest BCUT2D eigenvalue weighted by Gasteiger charge is -2.08. The van der Waals surface area contributed by atoms with E-state index in [9.17, 15) is 14.0 Å². The van der Waals surface area contributed by atoms with Gasteiger partial charge in [-0.3, -0.25) is 9.59 Å². The van der Waals surface area contributed by atoms with E-state index in [1.807, 2.05) is 0 Å². The molecule has 0 aliphatic rings. The van der Waals surface area contributed by atoms with Crippen molar-refractivity contribution in [1.82, 2.24) is 5.32 Å². The van der Waals surface area contributed by atoms with Crippen molar-refractivity contribution in [3.05, 3.63) is 30.1 Å². The average molecular weight is 285 g/mol. The Labute approximate surface area is 115 Å². The highest BCUT2D eigenvalue weighted by Crippen LogP contribution is 2.18. The zero-order valence-corrected chi connectivity index (χ0v) is 11.4. The number of amides is 1. The number of carbonyl (C=O) groups is 2. The second kappa shape index (κ2) is 7.78. The molecule has 0 radical (unpaired) electrons. The molecule has 0 saturated carbocycles. The summed E-state index contributed by atoms with van der Waals surface area (Å²) in [6.07, 6.45) is 0.300. The third-order valence-corrected chi connectivity index (χ3v) is 3.45. The first-order valence-corrected chi connectivity index (χ1v) is 6.85. The quantitative estimate of drug-likeness (QED) is 0.753. The van der Waals surface area contributed by atoms with Crippen LogP contribution >= 0.6 is 11.8 Å². The lowest BCUT2D eigenvalue weighted by molar-refractivity contribution is -0.141. The zero-order chi connectivity index (χ0) is 14.3. The first-order valence-electron chi connectivity index (χ1n) is 5.87. The zero-order valence-electron chi connectivity index (χ0n) is 10.6. The van der Waals surface area contributed by atoms with Crippen LogP contribution in [-0.2, 0) is 9.59 Å². The van der Waals surface area contributed by atoms with Crippen molar-refractivity contribution >= 4 is 23.6 Å². The maximum Gasteiger partial charge on any atom is 0.308 e. The van der Waals surface area contributed by atoms with Crippen LogP contribution in [0.25, 0.3) is 0 Å². The third-order valence-electron chi connectivity index (χ3n) is 2.44. The van der Waals surface area contributed by atoms with Crippen LogP contribution in [0.1, 0.15) is 13.3 Å². The number of hydrogen-bond acceptors (Lipinski definition) is 3. The number of nitrogens with one attached hydrogen (secondary N) is 1. The molecule has 1 amide bonds. The van der Waals surface area contributed by atoms with Gasteiger partial charge in [-0.05, 0) is 24.3 Å². The number of aliphatic carboxylic acids is 1. The SMILES string of the molecule is CC(CNC(=O)CCSc1ccc(F)cc1)C(=O)O. The molecule has 0 heterocycles. The molecular formula is C13H16FNO3S. The molecule has 0 aliphatic carbocycles. The second-order valence-corrected chi connectivity index (χ2v) is 5.26. The largest absolute Gasteiger partial charge is 0.481 e. The van der Waals surface area contributed by atoms with Gasteiger partial charge < -0.3 is 10.4 Å². The van der Waals surface area contributed by atoms with Gasteiger partial charge in [-0.25, -0.2) is 4.39 Å². The Morgan fingerprint density at radius 2 is 2.00 bits per heavy atom. The van der Waals surface area contributed by atoms with Crippen LogP contribution in [0.5, 0.6) is 0 Å². The summed E-state index contributed by atoms with van der Waals surface area (Å²) < 4.78 is 12.7. The molecule has 0 fully saturated rings. The highest BCUT2D eigenvalue weighted by molar-refractivity contribution is 7.99. The van der Waals surface area contributed by atoms with Crippen LogP contribution in [0.2, 0.25) is 0 Å². The molecule has 1 atom stereocenters. The van der Waals surface area contributed by atoms with Gasteiger partial charge >= 0.3 is 5.97 Å². The summed E-state index contributed by atoms with van der Waals surface area (Å²) in [7, 11) is 0. The molecule has 0 spiro atoms. The molecular weight excluding hydrogens is 269 g/mol. The van der Waals surface area contributed by atoms with Crippen LogP contribution in [0.3, 0.4) is 0 Å². The van der Waals surface area contributed by atoms with E-state index in [4.69, 9.17) is 5.11 Å². The molecule has 104 valence electrons. The number of hydrogen-bond donors (Lipinski definition) is 2. The molecule has 0 bridgehead atoms. The van der Waals surface area contributed by atoms with E-state index in [0.717, 1.165) is 4.90 Å². The number of carbonyl (C=O) groups excluding carboxylic acids is 1. The predicted octanol–water partition coefficient (Wildman–Crippen LogP) is 2.14. The molecule has 0 saturated heterocycles. The van der Waals surface area contributed by atoms with Crippen molar-refractivity contribution in [2.75, 3.05) is 12.3 Å². The standard InChI is InChI=1S/C13H16FNO3S/c1-9(13(17)18)8-15-12(16)6-7-19-11-4-2-10(14)3-5-11/h2-5,9H,6-8H2,1H3,(H,15,16)(H,17,18). The first-order chi connectivity index (χ1) is 8.99. The number of carboxylic acid groups (broad SMARTS) is 1. The first kappa shape index (κ1) is 15.5. The van der Waals surface area contributed by atoms with Gasteiger partial charge in [0.05, 0.1) is 5.92 Å². The van der Waals surface area contributed by atoms with E-state index in [-0.39, 0.29) is 18.3 Å². The summed E-state index contributed by atoms with van der Waals surface area (Å²) in [6.45, 7) is 1.67. The van der Waals surface area contributed by atoms with Crippen LogP contribution in [0.4, 0.5) is 4.39 Å². The minimum absolute atomic E-state index is 0.134. The second-order valence-electron chi connectivity index (χ2n) is 4.10. The minimum atomic E-state index is -0.930. The van der Waals surface area contributed by atoms with Crippen molar-refractivity contribution in [3.8, 4) is 0 Å². The Hall–Kier alpha value is -1.56. The van der Waals surface area contributed by atoms with Crippen LogP contribution in [-0.4, -0.2) is 29.3 Å². The highest BCUT2D eigenvalue weighted by atomic mass is 32.2. The van der Waals surface area contributed by atoms with Crippen LogP contribution in [0.15, 0.2) is 29.2 Å². The van der Waals surface area contributed by atoms with Gasteiger partial charge in [-0.2, -0.15) is 0 Å². The summed E-state index contributed by atoms with van der Waals surface area (Å²) >= 11 is 1.45. The molecule has 0 aromatic heterocycles. The van der Waals surface area contributed by atoms with Gasteiger partial charge in [0.1, 0.15) is 5.82 Å². The van der Waals surface area contributed by atoms with E-state index in [1.54, 1.807) is 12.1 Å². The average Bonchev–Trinajstić information content (AvgIpc) is 2.38. The smallest absolute Gasteiger partial charge is 0.308 e. The lowest BCUT2D eigenvalue weighted by atomic mass is 10.2. The van der Waals surface area contributed by atoms with E-state index in [2.05, 4.69) is 5.32 Å². The summed E-state index contributed by atoms with van der Waals surface area (Å²) in [5, 5.41) is 11.2. The Kier molecular flexibility index (Phi) is 6.35. The van der Waals surface area contributed by atoms with Crippen molar-refractivity contribution in [1.29, 1.82) is 0 Å². The summed E-state index contributed by atoms with van der Waals surface area (Å²) in [6, 6.07) is 6.06. The van der Waals surface area contributed by atoms with Crippen LogP contribution in [0, 0.1) is 11.7 Å². The van der Waals surface area contributed by atoms with E-state index < -0.39 is 11.9 Å². The summed E-state index contributed by atoms with van der Waals surface area (Å²) in [4.78, 5) is 22.9. The highest BCUT2D eigenvalue weighted by Gasteiger charge is 2.11. The molecule has 2 N–H and O–H groups in total. The summed E-state index contributed by atoms with van der Waals surface area (Å²) in [5.41, 5.74) is 0. The number of rotatable bonds is 7. The van der Waals surface area contributed by atoms with Crippen LogP contribution < -0.4 is 5.32 Å². The lowest BCUT2D eigenvalue weighted by Crippen LogP contribution is -2.31. The van der Waals surface area contributed by atoms with Gasteiger partial charge in [-0.15, -0.1) is 11.8 Å². The Morgan fingerprint density at radius 1 is 1.37 bits per heavy atom. The number of benzene rings is 1. The topological polar surface area (TPSA) is 66.4 Å². The molecule has 1 unspecified atom stereocenters. The molecule has 19 heavy (non-hydrogen) atoms. The van der Waals surface area contributed by atoms with Crippen molar-refractivity contribution in [2.45, 2.75) is 18.2 Å².